The second kappa shape index (κ2) is 27.6. The summed E-state index contributed by atoms with van der Waals surface area (Å²) in [4.78, 5) is 27.8. The number of aliphatic hydroxyl groups excluding tert-OH is 1. The molecule has 0 bridgehead atoms. The summed E-state index contributed by atoms with van der Waals surface area (Å²) in [5.74, 6) is 1.50. The van der Waals surface area contributed by atoms with Gasteiger partial charge in [0.25, 0.3) is 5.91 Å². The van der Waals surface area contributed by atoms with Gasteiger partial charge in [0.2, 0.25) is 0 Å². The number of benzene rings is 6. The van der Waals surface area contributed by atoms with Crippen molar-refractivity contribution in [2.24, 2.45) is 4.99 Å². The second-order valence-corrected chi connectivity index (χ2v) is 35.3. The van der Waals surface area contributed by atoms with E-state index in [4.69, 9.17) is 56.4 Å². The maximum Gasteiger partial charge on any atom is 0.271 e. The van der Waals surface area contributed by atoms with E-state index in [1.54, 1.807) is 128 Å². The molecule has 1 amide bonds. The molecule has 416 valence electrons. The summed E-state index contributed by atoms with van der Waals surface area (Å²) >= 11 is 37.5. The zero-order valence-electron chi connectivity index (χ0n) is 43.2. The van der Waals surface area contributed by atoms with Crippen LogP contribution >= 0.6 is 72.3 Å². The van der Waals surface area contributed by atoms with E-state index in [2.05, 4.69) is 47.1 Å². The minimum Gasteiger partial charge on any atom is -0.394 e. The first-order valence-electron chi connectivity index (χ1n) is 23.5. The summed E-state index contributed by atoms with van der Waals surface area (Å²) in [6.07, 6.45) is 5.86. The predicted molar refractivity (Wildman–Crippen MR) is 348 cm³/mol. The zero-order valence-corrected chi connectivity index (χ0v) is 54.5. The number of aromatic nitrogens is 4. The maximum atomic E-state index is 13.0. The molecule has 0 aliphatic carbocycles. The quantitative estimate of drug-likeness (QED) is 0.106. The standard InChI is InChI=1S/C27H25Cl2N3O4S.C27H23Cl2N3O2S2.P2S5/c1-27(2,16-33)31-26(34)23-15-32(25(30-23)20-9-4-5-10-21(20)28)24-12-11-18(14-22(24)29)17-7-6-8-19(13-17)37(3,35)36;1-27(2)16-35-26(31-27)23-15-32(25(30-23)20-9-4-5-10-21(20)28)24-12-11-18(14-22(24)29)17-7-6-8-19(13-17)36(3,33)34;3-1-2-5-7-6-4/h4-15,33H,16H2,1-3H3,(H,31,34);4-15H,16H2,1-3H3;. The number of amides is 1. The van der Waals surface area contributed by atoms with Crippen molar-refractivity contribution in [1.82, 2.24) is 24.4 Å². The monoisotopic (exact) mass is 1330 g/mol. The van der Waals surface area contributed by atoms with Crippen molar-refractivity contribution in [3.05, 3.63) is 177 Å². The normalized spacial score (nSPS) is 13.1. The minimum absolute atomic E-state index is 0.123. The van der Waals surface area contributed by atoms with Gasteiger partial charge in [-0.3, -0.25) is 18.9 Å². The summed E-state index contributed by atoms with van der Waals surface area (Å²) in [5, 5.41) is 15.1. The van der Waals surface area contributed by atoms with Crippen molar-refractivity contribution < 1.29 is 26.7 Å². The fourth-order valence-corrected chi connectivity index (χ4v) is 20.8. The molecule has 3 heterocycles. The fraction of sp³-hybridized carbons (Fsp3) is 0.185. The van der Waals surface area contributed by atoms with Crippen molar-refractivity contribution in [3.63, 3.8) is 0 Å². The zero-order chi connectivity index (χ0) is 58.2. The third-order valence-corrected chi connectivity index (χ3v) is 26.5. The molecule has 6 aromatic carbocycles. The largest absolute Gasteiger partial charge is 0.394 e. The van der Waals surface area contributed by atoms with Crippen LogP contribution in [0, 0.1) is 0 Å². The van der Waals surface area contributed by atoms with Gasteiger partial charge in [-0.1, -0.05) is 107 Å². The smallest absolute Gasteiger partial charge is 0.271 e. The molecule has 0 atom stereocenters. The lowest BCUT2D eigenvalue weighted by atomic mass is 10.1. The molecule has 0 spiro atoms. The van der Waals surface area contributed by atoms with E-state index >= 15 is 0 Å². The first-order chi connectivity index (χ1) is 37.8. The highest BCUT2D eigenvalue weighted by Gasteiger charge is 2.29. The number of hydrogen-bond donors (Lipinski definition) is 2. The number of halogens is 4. The maximum absolute atomic E-state index is 13.0. The van der Waals surface area contributed by atoms with Crippen LogP contribution in [0.25, 0.3) is 56.4 Å². The number of thioether (sulfide) groups is 1. The van der Waals surface area contributed by atoms with Gasteiger partial charge in [0, 0.05) is 55.9 Å². The predicted octanol–water partition coefficient (Wildman–Crippen LogP) is 14.3. The van der Waals surface area contributed by atoms with E-state index in [1.165, 1.54) is 22.2 Å². The summed E-state index contributed by atoms with van der Waals surface area (Å²) in [6, 6.07) is 39.1. The molecule has 8 aromatic rings. The van der Waals surface area contributed by atoms with Crippen LogP contribution in [-0.2, 0) is 69.9 Å². The first kappa shape index (κ1) is 63.5. The molecular weight excluding hydrogens is 1290 g/mol. The lowest BCUT2D eigenvalue weighted by molar-refractivity contribution is 0.0864. The fourth-order valence-electron chi connectivity index (χ4n) is 7.75. The molecule has 2 aromatic heterocycles. The van der Waals surface area contributed by atoms with E-state index < -0.39 is 31.1 Å². The van der Waals surface area contributed by atoms with E-state index in [0.717, 1.165) is 57.7 Å². The number of rotatable bonds is 13. The van der Waals surface area contributed by atoms with Gasteiger partial charge in [-0.05, 0) is 173 Å². The Morgan fingerprint density at radius 3 is 1.64 bits per heavy atom. The third kappa shape index (κ3) is 16.4. The Balaban J connectivity index is 0.000000207. The first-order valence-corrected chi connectivity index (χ1v) is 38.3. The third-order valence-electron chi connectivity index (χ3n) is 11.6. The molecular formula is C54H48Cl4N6O6P2S8. The Kier molecular flexibility index (Phi) is 21.9. The Morgan fingerprint density at radius 1 is 0.713 bits per heavy atom. The van der Waals surface area contributed by atoms with Crippen LogP contribution in [0.5, 0.6) is 0 Å². The molecule has 1 aliphatic heterocycles. The van der Waals surface area contributed by atoms with Crippen molar-refractivity contribution in [2.45, 2.75) is 48.6 Å². The molecule has 0 fully saturated rings. The molecule has 9 rings (SSSR count). The van der Waals surface area contributed by atoms with Gasteiger partial charge < -0.3 is 10.4 Å². The highest BCUT2D eigenvalue weighted by molar-refractivity contribution is 8.63. The Hall–Kier alpha value is -4.05. The summed E-state index contributed by atoms with van der Waals surface area (Å²) in [5.41, 5.74) is 5.57. The van der Waals surface area contributed by atoms with Crippen LogP contribution in [0.2, 0.25) is 20.1 Å². The number of hydrogen-bond acceptors (Lipinski definition) is 12. The number of sulfone groups is 2. The SMILES string of the molecule is CC(C)(CO)NC(=O)c1cn(-c2ccc(-c3cccc(S(C)(=O)=O)c3)cc2Cl)c(-c2ccccc2Cl)n1.CC1(C)CSC(c2cn(-c3ccc(-c4cccc(S(C)(=O)=O)c4)cc3Cl)c(-c3ccccc3Cl)n2)=N1.S=PP=S=S=S=S. The van der Waals surface area contributed by atoms with Crippen molar-refractivity contribution >= 4 is 153 Å². The number of nitrogens with one attached hydrogen (secondary N) is 1. The molecule has 0 saturated carbocycles. The van der Waals surface area contributed by atoms with Crippen LogP contribution in [0.3, 0.4) is 0 Å². The van der Waals surface area contributed by atoms with Gasteiger partial charge in [0.15, 0.2) is 19.7 Å². The van der Waals surface area contributed by atoms with Crippen LogP contribution in [0.1, 0.15) is 43.9 Å². The van der Waals surface area contributed by atoms with Gasteiger partial charge in [0.05, 0.1) is 58.9 Å². The summed E-state index contributed by atoms with van der Waals surface area (Å²) in [6.45, 7) is 7.36. The molecule has 0 saturated heterocycles. The number of aliphatic hydroxyl groups is 1. The number of aliphatic imine (C=N–C) groups is 1. The summed E-state index contributed by atoms with van der Waals surface area (Å²) in [7, 11) is 0.138. The molecule has 80 heavy (non-hydrogen) atoms. The number of carbonyl (C=O) groups is 1. The van der Waals surface area contributed by atoms with Crippen LogP contribution in [0.15, 0.2) is 161 Å². The topological polar surface area (TPSA) is 166 Å². The Labute approximate surface area is 511 Å². The Bertz CT molecular complexity index is 4100. The number of carbonyl (C=O) groups excluding carboxylic acids is 1. The average Bonchev–Trinajstić information content (AvgIpc) is 4.32. The molecule has 0 radical (unpaired) electrons. The summed E-state index contributed by atoms with van der Waals surface area (Å²) < 4.78 is 51.6. The second-order valence-electron chi connectivity index (χ2n) is 18.9. The van der Waals surface area contributed by atoms with E-state index in [1.807, 2.05) is 71.4 Å². The van der Waals surface area contributed by atoms with Gasteiger partial charge >= 0.3 is 0 Å². The van der Waals surface area contributed by atoms with Crippen molar-refractivity contribution in [1.29, 1.82) is 0 Å². The molecule has 1 aliphatic rings. The highest BCUT2D eigenvalue weighted by Crippen LogP contribution is 2.38. The van der Waals surface area contributed by atoms with Crippen LogP contribution in [-0.4, -0.2) is 87.9 Å². The van der Waals surface area contributed by atoms with E-state index in [9.17, 15) is 26.7 Å². The van der Waals surface area contributed by atoms with Gasteiger partial charge in [-0.15, -0.1) is 11.8 Å². The lowest BCUT2D eigenvalue weighted by Gasteiger charge is -2.22. The molecule has 2 N–H and O–H groups in total. The number of nitrogens with zero attached hydrogens (tertiary/aromatic N) is 5. The van der Waals surface area contributed by atoms with Gasteiger partial charge in [0.1, 0.15) is 28.1 Å². The van der Waals surface area contributed by atoms with Gasteiger partial charge in [-0.2, -0.15) is 0 Å². The molecule has 0 unspecified atom stereocenters. The van der Waals surface area contributed by atoms with Crippen molar-refractivity contribution in [3.8, 4) is 56.4 Å². The van der Waals surface area contributed by atoms with E-state index in [-0.39, 0.29) is 27.6 Å². The minimum atomic E-state index is -3.37. The molecule has 26 heteroatoms. The van der Waals surface area contributed by atoms with Crippen LogP contribution in [0.4, 0.5) is 0 Å². The lowest BCUT2D eigenvalue weighted by Crippen LogP contribution is -2.46. The highest BCUT2D eigenvalue weighted by atomic mass is 35.5. The van der Waals surface area contributed by atoms with E-state index in [0.29, 0.717) is 48.6 Å². The molecule has 12 nitrogen and oxygen atoms in total. The van der Waals surface area contributed by atoms with Crippen LogP contribution < -0.4 is 5.32 Å². The number of imidazole rings is 2. The van der Waals surface area contributed by atoms with Crippen molar-refractivity contribution in [2.75, 3.05) is 24.9 Å². The van der Waals surface area contributed by atoms with Gasteiger partial charge in [-0.25, -0.2) is 26.8 Å². The Morgan fingerprint density at radius 2 is 1.20 bits per heavy atom. The average molecular weight is 1340 g/mol.